The molecule has 1 unspecified atom stereocenters. The van der Waals surface area contributed by atoms with Gasteiger partial charge in [0.05, 0.1) is 23.0 Å². The van der Waals surface area contributed by atoms with Crippen LogP contribution in [-0.2, 0) is 25.7 Å². The molecule has 0 N–H and O–H groups in total. The molecule has 0 aliphatic carbocycles. The predicted molar refractivity (Wildman–Crippen MR) is 79.6 cm³/mol. The molecule has 1 aliphatic heterocycles. The zero-order valence-corrected chi connectivity index (χ0v) is 13.9. The van der Waals surface area contributed by atoms with Crippen LogP contribution in [0.15, 0.2) is 29.2 Å². The molecule has 2 rings (SSSR count). The molecule has 0 bridgehead atoms. The van der Waals surface area contributed by atoms with Crippen molar-refractivity contribution >= 4 is 16.0 Å². The van der Waals surface area contributed by atoms with Crippen molar-refractivity contribution in [3.05, 3.63) is 29.8 Å². The van der Waals surface area contributed by atoms with E-state index in [2.05, 4.69) is 0 Å². The normalized spacial score (nSPS) is 19.9. The number of benzene rings is 1. The van der Waals surface area contributed by atoms with Crippen LogP contribution in [0.3, 0.4) is 0 Å². The maximum absolute atomic E-state index is 12.6. The van der Waals surface area contributed by atoms with E-state index in [9.17, 15) is 26.4 Å². The quantitative estimate of drug-likeness (QED) is 0.770. The van der Waals surface area contributed by atoms with Crippen LogP contribution in [0.1, 0.15) is 25.3 Å². The van der Waals surface area contributed by atoms with Crippen molar-refractivity contribution in [2.24, 2.45) is 5.92 Å². The van der Waals surface area contributed by atoms with Crippen LogP contribution >= 0.6 is 0 Å². The van der Waals surface area contributed by atoms with Gasteiger partial charge in [-0.25, -0.2) is 8.42 Å². The molecule has 1 heterocycles. The van der Waals surface area contributed by atoms with Crippen LogP contribution in [0.5, 0.6) is 0 Å². The fourth-order valence-corrected chi connectivity index (χ4v) is 4.10. The molecule has 0 aromatic heterocycles. The molecule has 0 radical (unpaired) electrons. The summed E-state index contributed by atoms with van der Waals surface area (Å²) in [5.74, 6) is -1.01. The Labute approximate surface area is 138 Å². The van der Waals surface area contributed by atoms with Gasteiger partial charge in [0.2, 0.25) is 10.0 Å². The Morgan fingerprint density at radius 3 is 2.46 bits per heavy atom. The van der Waals surface area contributed by atoms with Crippen molar-refractivity contribution in [1.82, 2.24) is 4.31 Å². The van der Waals surface area contributed by atoms with Gasteiger partial charge in [0.25, 0.3) is 0 Å². The fraction of sp³-hybridized carbons (Fsp3) is 0.533. The second-order valence-corrected chi connectivity index (χ2v) is 7.41. The Balaban J connectivity index is 2.19. The zero-order valence-electron chi connectivity index (χ0n) is 13.0. The van der Waals surface area contributed by atoms with E-state index in [1.165, 1.54) is 0 Å². The standard InChI is InChI=1S/C15H18F3NO4S/c1-2-23-14(20)11-4-3-9-19(10-11)24(21,22)13-7-5-12(6-8-13)15(16,17)18/h5-8,11H,2-4,9-10H2,1H3. The number of nitrogens with zero attached hydrogens (tertiary/aromatic N) is 1. The number of carbonyl (C=O) groups excluding carboxylic acids is 1. The zero-order chi connectivity index (χ0) is 18.0. The molecule has 134 valence electrons. The van der Waals surface area contributed by atoms with E-state index in [-0.39, 0.29) is 24.6 Å². The highest BCUT2D eigenvalue weighted by atomic mass is 32.2. The summed E-state index contributed by atoms with van der Waals surface area (Å²) in [4.78, 5) is 11.6. The molecule has 1 atom stereocenters. The monoisotopic (exact) mass is 365 g/mol. The first-order chi connectivity index (χ1) is 11.2. The maximum atomic E-state index is 12.6. The molecule has 1 fully saturated rings. The van der Waals surface area contributed by atoms with Crippen molar-refractivity contribution in [2.75, 3.05) is 19.7 Å². The van der Waals surface area contributed by atoms with E-state index in [1.54, 1.807) is 6.92 Å². The molecule has 0 amide bonds. The Morgan fingerprint density at radius 2 is 1.92 bits per heavy atom. The smallest absolute Gasteiger partial charge is 0.416 e. The molecule has 5 nitrogen and oxygen atoms in total. The average molecular weight is 365 g/mol. The second kappa shape index (κ2) is 7.10. The van der Waals surface area contributed by atoms with Gasteiger partial charge >= 0.3 is 12.1 Å². The highest BCUT2D eigenvalue weighted by molar-refractivity contribution is 7.89. The van der Waals surface area contributed by atoms with Crippen LogP contribution in [0.4, 0.5) is 13.2 Å². The lowest BCUT2D eigenvalue weighted by molar-refractivity contribution is -0.149. The number of halogens is 3. The average Bonchev–Trinajstić information content (AvgIpc) is 2.54. The number of ether oxygens (including phenoxy) is 1. The Hall–Kier alpha value is -1.61. The van der Waals surface area contributed by atoms with Gasteiger partial charge in [-0.1, -0.05) is 0 Å². The van der Waals surface area contributed by atoms with Crippen LogP contribution in [-0.4, -0.2) is 38.4 Å². The summed E-state index contributed by atoms with van der Waals surface area (Å²) in [7, 11) is -3.95. The third-order valence-corrected chi connectivity index (χ3v) is 5.70. The molecular weight excluding hydrogens is 347 g/mol. The van der Waals surface area contributed by atoms with Gasteiger partial charge in [0, 0.05) is 13.1 Å². The fourth-order valence-electron chi connectivity index (χ4n) is 2.58. The lowest BCUT2D eigenvalue weighted by Crippen LogP contribution is -2.42. The van der Waals surface area contributed by atoms with Gasteiger partial charge in [-0.2, -0.15) is 17.5 Å². The van der Waals surface area contributed by atoms with Gasteiger partial charge in [0.1, 0.15) is 0 Å². The number of esters is 1. The van der Waals surface area contributed by atoms with Gasteiger partial charge < -0.3 is 4.74 Å². The third-order valence-electron chi connectivity index (χ3n) is 3.82. The first kappa shape index (κ1) is 18.7. The number of rotatable bonds is 4. The summed E-state index contributed by atoms with van der Waals surface area (Å²) in [5.41, 5.74) is -0.913. The highest BCUT2D eigenvalue weighted by Crippen LogP contribution is 2.31. The predicted octanol–water partition coefficient (Wildman–Crippen LogP) is 2.67. The van der Waals surface area contributed by atoms with Crippen molar-refractivity contribution in [2.45, 2.75) is 30.8 Å². The molecule has 24 heavy (non-hydrogen) atoms. The number of piperidine rings is 1. The lowest BCUT2D eigenvalue weighted by Gasteiger charge is -2.30. The summed E-state index contributed by atoms with van der Waals surface area (Å²) in [6, 6.07) is 3.34. The Morgan fingerprint density at radius 1 is 1.29 bits per heavy atom. The third kappa shape index (κ3) is 4.07. The number of hydrogen-bond donors (Lipinski definition) is 0. The minimum Gasteiger partial charge on any atom is -0.466 e. The summed E-state index contributed by atoms with van der Waals surface area (Å²) in [6.45, 7) is 2.07. The van der Waals surface area contributed by atoms with Crippen molar-refractivity contribution in [3.63, 3.8) is 0 Å². The molecule has 0 spiro atoms. The van der Waals surface area contributed by atoms with Gasteiger partial charge in [-0.05, 0) is 44.0 Å². The largest absolute Gasteiger partial charge is 0.466 e. The lowest BCUT2D eigenvalue weighted by atomic mass is 10.0. The van der Waals surface area contributed by atoms with Crippen LogP contribution < -0.4 is 0 Å². The van der Waals surface area contributed by atoms with E-state index in [0.29, 0.717) is 12.8 Å². The minimum absolute atomic E-state index is 0.0256. The van der Waals surface area contributed by atoms with Gasteiger partial charge in [-0.15, -0.1) is 0 Å². The number of alkyl halides is 3. The van der Waals surface area contributed by atoms with E-state index in [4.69, 9.17) is 4.74 Å². The van der Waals surface area contributed by atoms with E-state index in [1.807, 2.05) is 0 Å². The van der Waals surface area contributed by atoms with Gasteiger partial charge in [-0.3, -0.25) is 4.79 Å². The molecular formula is C15H18F3NO4S. The Bertz CT molecular complexity index is 686. The molecule has 1 aliphatic rings. The maximum Gasteiger partial charge on any atom is 0.416 e. The molecule has 1 saturated heterocycles. The summed E-state index contributed by atoms with van der Waals surface area (Å²) >= 11 is 0. The van der Waals surface area contributed by atoms with Crippen molar-refractivity contribution in [3.8, 4) is 0 Å². The van der Waals surface area contributed by atoms with Crippen LogP contribution in [0.2, 0.25) is 0 Å². The number of carbonyl (C=O) groups is 1. The first-order valence-electron chi connectivity index (χ1n) is 7.50. The van der Waals surface area contributed by atoms with Gasteiger partial charge in [0.15, 0.2) is 0 Å². The van der Waals surface area contributed by atoms with Crippen molar-refractivity contribution in [1.29, 1.82) is 0 Å². The molecule has 1 aromatic rings. The minimum atomic E-state index is -4.53. The summed E-state index contributed by atoms with van der Waals surface area (Å²) in [6.07, 6.45) is -3.51. The van der Waals surface area contributed by atoms with E-state index >= 15 is 0 Å². The number of sulfonamides is 1. The number of hydrogen-bond acceptors (Lipinski definition) is 4. The molecule has 0 saturated carbocycles. The van der Waals surface area contributed by atoms with E-state index in [0.717, 1.165) is 28.6 Å². The van der Waals surface area contributed by atoms with E-state index < -0.39 is 33.7 Å². The SMILES string of the molecule is CCOC(=O)C1CCCN(S(=O)(=O)c2ccc(C(F)(F)F)cc2)C1. The topological polar surface area (TPSA) is 63.7 Å². The first-order valence-corrected chi connectivity index (χ1v) is 8.94. The van der Waals surface area contributed by atoms with Crippen LogP contribution in [0.25, 0.3) is 0 Å². The van der Waals surface area contributed by atoms with Crippen LogP contribution in [0, 0.1) is 5.92 Å². The highest BCUT2D eigenvalue weighted by Gasteiger charge is 2.35. The second-order valence-electron chi connectivity index (χ2n) is 5.48. The Kier molecular flexibility index (Phi) is 5.54. The molecule has 1 aromatic carbocycles. The van der Waals surface area contributed by atoms with Crippen molar-refractivity contribution < 1.29 is 31.1 Å². The molecule has 9 heteroatoms. The summed E-state index contributed by atoms with van der Waals surface area (Å²) < 4.78 is 68.9. The summed E-state index contributed by atoms with van der Waals surface area (Å²) in [5, 5.41) is 0.